The van der Waals surface area contributed by atoms with E-state index in [0.29, 0.717) is 30.8 Å². The predicted molar refractivity (Wildman–Crippen MR) is 172 cm³/mol. The minimum atomic E-state index is -0.0823. The van der Waals surface area contributed by atoms with Crippen molar-refractivity contribution in [2.45, 2.75) is 32.4 Å². The van der Waals surface area contributed by atoms with Crippen LogP contribution in [0.4, 0.5) is 0 Å². The third-order valence-electron chi connectivity index (χ3n) is 7.64. The molecule has 8 heteroatoms. The average molecular weight is 575 g/mol. The molecular formula is C35H38N6O2. The second-order valence-electron chi connectivity index (χ2n) is 10.6. The van der Waals surface area contributed by atoms with Gasteiger partial charge < -0.3 is 25.7 Å². The van der Waals surface area contributed by atoms with Gasteiger partial charge in [0.1, 0.15) is 17.4 Å². The molecule has 8 nitrogen and oxygen atoms in total. The smallest absolute Gasteiger partial charge is 0.254 e. The zero-order valence-corrected chi connectivity index (χ0v) is 24.5. The van der Waals surface area contributed by atoms with E-state index in [1.54, 1.807) is 12.0 Å². The van der Waals surface area contributed by atoms with Crippen LogP contribution in [-0.2, 0) is 32.4 Å². The Bertz CT molecular complexity index is 1700. The van der Waals surface area contributed by atoms with E-state index in [4.69, 9.17) is 26.6 Å². The van der Waals surface area contributed by atoms with Crippen LogP contribution < -0.4 is 16.2 Å². The topological polar surface area (TPSA) is 123 Å². The van der Waals surface area contributed by atoms with Crippen LogP contribution in [-0.4, -0.2) is 46.4 Å². The highest BCUT2D eigenvalue weighted by molar-refractivity contribution is 5.97. The van der Waals surface area contributed by atoms with Gasteiger partial charge >= 0.3 is 0 Å². The Morgan fingerprint density at radius 2 is 1.58 bits per heavy atom. The summed E-state index contributed by atoms with van der Waals surface area (Å²) in [6.07, 6.45) is 2.41. The zero-order chi connectivity index (χ0) is 30.2. The van der Waals surface area contributed by atoms with Crippen molar-refractivity contribution in [2.75, 3.05) is 20.2 Å². The Morgan fingerprint density at radius 1 is 0.860 bits per heavy atom. The lowest BCUT2D eigenvalue weighted by molar-refractivity contribution is 0.0748. The number of benzene rings is 4. The average Bonchev–Trinajstić information content (AvgIpc) is 3.39. The van der Waals surface area contributed by atoms with Crippen LogP contribution >= 0.6 is 0 Å². The first-order valence-corrected chi connectivity index (χ1v) is 14.5. The number of hydrogen-bond donors (Lipinski definition) is 3. The molecule has 0 unspecified atom stereocenters. The fourth-order valence-corrected chi connectivity index (χ4v) is 5.33. The van der Waals surface area contributed by atoms with Crippen LogP contribution in [0, 0.1) is 5.41 Å². The first-order valence-electron chi connectivity index (χ1n) is 14.5. The van der Waals surface area contributed by atoms with Crippen molar-refractivity contribution < 1.29 is 9.53 Å². The van der Waals surface area contributed by atoms with Crippen molar-refractivity contribution in [3.8, 4) is 5.75 Å². The first-order chi connectivity index (χ1) is 20.9. The molecule has 1 aromatic heterocycles. The third-order valence-corrected chi connectivity index (χ3v) is 7.64. The molecule has 4 aromatic carbocycles. The van der Waals surface area contributed by atoms with Crippen molar-refractivity contribution in [1.29, 1.82) is 5.41 Å². The number of nitrogens with one attached hydrogen (secondary N) is 1. The van der Waals surface area contributed by atoms with Crippen LogP contribution in [0.1, 0.15) is 38.4 Å². The number of ether oxygens (including phenoxy) is 1. The lowest BCUT2D eigenvalue weighted by Gasteiger charge is -2.22. The van der Waals surface area contributed by atoms with Gasteiger partial charge in [-0.2, -0.15) is 0 Å². The highest BCUT2D eigenvalue weighted by Gasteiger charge is 2.19. The molecule has 0 saturated heterocycles. The number of aromatic nitrogens is 2. The van der Waals surface area contributed by atoms with Crippen LogP contribution in [0.5, 0.6) is 5.75 Å². The van der Waals surface area contributed by atoms with E-state index in [0.717, 1.165) is 59.5 Å². The molecule has 43 heavy (non-hydrogen) atoms. The van der Waals surface area contributed by atoms with Crippen molar-refractivity contribution in [2.24, 2.45) is 11.5 Å². The van der Waals surface area contributed by atoms with E-state index in [-0.39, 0.29) is 11.7 Å². The van der Waals surface area contributed by atoms with Gasteiger partial charge in [0.25, 0.3) is 5.91 Å². The van der Waals surface area contributed by atoms with Crippen molar-refractivity contribution in [3.63, 3.8) is 0 Å². The number of fused-ring (bicyclic) bond motifs is 1. The van der Waals surface area contributed by atoms with Crippen LogP contribution in [0.25, 0.3) is 11.0 Å². The summed E-state index contributed by atoms with van der Waals surface area (Å²) in [5, 5.41) is 7.65. The molecule has 5 N–H and O–H groups in total. The lowest BCUT2D eigenvalue weighted by Crippen LogP contribution is -2.34. The van der Waals surface area contributed by atoms with E-state index < -0.39 is 0 Å². The molecule has 0 saturated carbocycles. The number of carbonyl (C=O) groups excluding carboxylic acids is 1. The minimum Gasteiger partial charge on any atom is -0.497 e. The molecule has 0 spiro atoms. The Kier molecular flexibility index (Phi) is 9.49. The van der Waals surface area contributed by atoms with Gasteiger partial charge in [0.15, 0.2) is 0 Å². The maximum Gasteiger partial charge on any atom is 0.254 e. The van der Waals surface area contributed by atoms with E-state index in [2.05, 4.69) is 28.8 Å². The SMILES string of the molecule is COc1cccc(CN(CCN)C(=O)c2ccc3c(c2)nc(CCc2ccc(C(=N)N)cc2)n3CCc2ccccc2)c1. The standard InChI is InChI=1S/C35H38N6O2/c1-43-30-9-5-8-27(22-30)24-40(21-19-36)35(42)29-15-16-32-31(23-29)39-33(41(32)20-18-25-6-3-2-4-7-25)17-12-26-10-13-28(14-11-26)34(37)38/h2-11,13-16,22-23H,12,17-21,24,36H2,1H3,(H3,37,38). The van der Waals surface area contributed by atoms with Crippen LogP contribution in [0.2, 0.25) is 0 Å². The van der Waals surface area contributed by atoms with Gasteiger partial charge in [0, 0.05) is 43.7 Å². The Hall–Kier alpha value is -4.95. The zero-order valence-electron chi connectivity index (χ0n) is 24.5. The summed E-state index contributed by atoms with van der Waals surface area (Å²) in [6, 6.07) is 31.8. The second-order valence-corrected chi connectivity index (χ2v) is 10.6. The quantitative estimate of drug-likeness (QED) is 0.136. The molecule has 0 fully saturated rings. The molecule has 5 aromatic rings. The molecular weight excluding hydrogens is 536 g/mol. The maximum absolute atomic E-state index is 13.7. The molecule has 0 aliphatic rings. The van der Waals surface area contributed by atoms with Crippen molar-refractivity contribution in [1.82, 2.24) is 14.5 Å². The predicted octanol–water partition coefficient (Wildman–Crippen LogP) is 4.96. The van der Waals surface area contributed by atoms with E-state index in [1.165, 1.54) is 5.56 Å². The van der Waals surface area contributed by atoms with Crippen molar-refractivity contribution >= 4 is 22.8 Å². The summed E-state index contributed by atoms with van der Waals surface area (Å²) in [4.78, 5) is 20.5. The van der Waals surface area contributed by atoms with Gasteiger partial charge in [-0.15, -0.1) is 0 Å². The largest absolute Gasteiger partial charge is 0.497 e. The highest BCUT2D eigenvalue weighted by Crippen LogP contribution is 2.23. The van der Waals surface area contributed by atoms with E-state index in [1.807, 2.05) is 72.8 Å². The number of carbonyl (C=O) groups is 1. The van der Waals surface area contributed by atoms with Crippen LogP contribution in [0.3, 0.4) is 0 Å². The lowest BCUT2D eigenvalue weighted by atomic mass is 10.1. The highest BCUT2D eigenvalue weighted by atomic mass is 16.5. The Labute approximate surface area is 252 Å². The number of amides is 1. The number of methoxy groups -OCH3 is 1. The molecule has 0 radical (unpaired) electrons. The minimum absolute atomic E-state index is 0.0631. The summed E-state index contributed by atoms with van der Waals surface area (Å²) in [7, 11) is 1.63. The molecule has 1 amide bonds. The number of imidazole rings is 1. The summed E-state index contributed by atoms with van der Waals surface area (Å²) in [6.45, 7) is 2.02. The Balaban J connectivity index is 1.42. The van der Waals surface area contributed by atoms with Gasteiger partial charge in [-0.3, -0.25) is 10.2 Å². The van der Waals surface area contributed by atoms with Gasteiger partial charge in [-0.25, -0.2) is 4.98 Å². The van der Waals surface area contributed by atoms with Gasteiger partial charge in [-0.05, 0) is 59.9 Å². The number of nitrogen functional groups attached to an aromatic ring is 1. The molecule has 0 atom stereocenters. The van der Waals surface area contributed by atoms with E-state index in [9.17, 15) is 4.79 Å². The Morgan fingerprint density at radius 3 is 2.30 bits per heavy atom. The van der Waals surface area contributed by atoms with E-state index >= 15 is 0 Å². The summed E-state index contributed by atoms with van der Waals surface area (Å²) in [5.74, 6) is 1.71. The summed E-state index contributed by atoms with van der Waals surface area (Å²) in [5.41, 5.74) is 18.0. The molecule has 0 aliphatic carbocycles. The van der Waals surface area contributed by atoms with Gasteiger partial charge in [0.2, 0.25) is 0 Å². The number of amidine groups is 1. The van der Waals surface area contributed by atoms with Gasteiger partial charge in [-0.1, -0.05) is 66.7 Å². The fraction of sp³-hybridized carbons (Fsp3) is 0.229. The molecule has 220 valence electrons. The first kappa shape index (κ1) is 29.5. The van der Waals surface area contributed by atoms with Crippen molar-refractivity contribution in [3.05, 3.63) is 131 Å². The number of aryl methyl sites for hydroxylation is 4. The molecule has 0 bridgehead atoms. The number of hydrogen-bond acceptors (Lipinski definition) is 5. The summed E-state index contributed by atoms with van der Waals surface area (Å²) < 4.78 is 7.63. The normalized spacial score (nSPS) is 11.0. The number of rotatable bonds is 13. The number of nitrogens with two attached hydrogens (primary N) is 2. The van der Waals surface area contributed by atoms with Crippen LogP contribution in [0.15, 0.2) is 97.1 Å². The van der Waals surface area contributed by atoms with Gasteiger partial charge in [0.05, 0.1) is 18.1 Å². The second kappa shape index (κ2) is 13.8. The summed E-state index contributed by atoms with van der Waals surface area (Å²) >= 11 is 0. The number of nitrogens with zero attached hydrogens (tertiary/aromatic N) is 3. The molecule has 1 heterocycles. The third kappa shape index (κ3) is 7.28. The maximum atomic E-state index is 13.7. The molecule has 5 rings (SSSR count). The molecule has 0 aliphatic heterocycles. The fourth-order valence-electron chi connectivity index (χ4n) is 5.33. The monoisotopic (exact) mass is 574 g/mol.